The summed E-state index contributed by atoms with van der Waals surface area (Å²) in [6, 6.07) is 8.32. The number of unbranched alkanes of at least 4 members (excludes halogenated alkanes) is 3. The third-order valence-corrected chi connectivity index (χ3v) is 3.55. The number of hydrogen-bond acceptors (Lipinski definition) is 3. The van der Waals surface area contributed by atoms with Crippen molar-refractivity contribution >= 4 is 5.78 Å². The standard InChI is InChI=1S/C17H23N3O/c1-14-8-10-16(11-9-14)17-13-20(19-18-17)12-6-4-3-5-7-15(2)21/h8-11,13H,3-7,12H2,1-2H3. The lowest BCUT2D eigenvalue weighted by Crippen LogP contribution is -1.99. The maximum Gasteiger partial charge on any atom is 0.129 e. The molecule has 0 aliphatic rings. The smallest absolute Gasteiger partial charge is 0.129 e. The van der Waals surface area contributed by atoms with E-state index < -0.39 is 0 Å². The molecule has 0 spiro atoms. The molecule has 0 unspecified atom stereocenters. The Kier molecular flexibility index (Phi) is 5.67. The summed E-state index contributed by atoms with van der Waals surface area (Å²) in [6.07, 6.45) is 7.03. The van der Waals surface area contributed by atoms with Crippen LogP contribution in [0.2, 0.25) is 0 Å². The molecule has 4 nitrogen and oxygen atoms in total. The van der Waals surface area contributed by atoms with Gasteiger partial charge in [-0.25, -0.2) is 0 Å². The van der Waals surface area contributed by atoms with Crippen molar-refractivity contribution in [1.82, 2.24) is 15.0 Å². The maximum atomic E-state index is 10.8. The Labute approximate surface area is 126 Å². The van der Waals surface area contributed by atoms with Crippen LogP contribution in [0.15, 0.2) is 30.5 Å². The molecule has 0 bridgehead atoms. The van der Waals surface area contributed by atoms with Crippen LogP contribution in [0, 0.1) is 6.92 Å². The van der Waals surface area contributed by atoms with Gasteiger partial charge in [0, 0.05) is 18.5 Å². The molecule has 2 aromatic rings. The minimum absolute atomic E-state index is 0.286. The Hall–Kier alpha value is -1.97. The van der Waals surface area contributed by atoms with Gasteiger partial charge in [-0.1, -0.05) is 47.9 Å². The first-order chi connectivity index (χ1) is 10.1. The fourth-order valence-electron chi connectivity index (χ4n) is 2.27. The Bertz CT molecular complexity index is 572. The summed E-state index contributed by atoms with van der Waals surface area (Å²) in [5.41, 5.74) is 3.27. The van der Waals surface area contributed by atoms with Crippen molar-refractivity contribution in [3.63, 3.8) is 0 Å². The average molecular weight is 285 g/mol. The van der Waals surface area contributed by atoms with Gasteiger partial charge in [-0.2, -0.15) is 0 Å². The van der Waals surface area contributed by atoms with Crippen LogP contribution < -0.4 is 0 Å². The van der Waals surface area contributed by atoms with E-state index in [9.17, 15) is 4.79 Å². The topological polar surface area (TPSA) is 47.8 Å². The van der Waals surface area contributed by atoms with Crippen LogP contribution in [0.25, 0.3) is 11.3 Å². The molecule has 0 aliphatic carbocycles. The number of nitrogens with zero attached hydrogens (tertiary/aromatic N) is 3. The first-order valence-corrected chi connectivity index (χ1v) is 7.62. The van der Waals surface area contributed by atoms with Gasteiger partial charge in [0.2, 0.25) is 0 Å². The molecule has 1 heterocycles. The van der Waals surface area contributed by atoms with Crippen molar-refractivity contribution < 1.29 is 4.79 Å². The highest BCUT2D eigenvalue weighted by Crippen LogP contribution is 2.16. The number of ketones is 1. The maximum absolute atomic E-state index is 10.8. The van der Waals surface area contributed by atoms with E-state index in [1.165, 1.54) is 5.56 Å². The summed E-state index contributed by atoms with van der Waals surface area (Å²) in [4.78, 5) is 10.8. The van der Waals surface area contributed by atoms with Gasteiger partial charge in [-0.05, 0) is 26.7 Å². The van der Waals surface area contributed by atoms with Gasteiger partial charge in [0.15, 0.2) is 0 Å². The van der Waals surface area contributed by atoms with Crippen molar-refractivity contribution in [2.45, 2.75) is 52.5 Å². The average Bonchev–Trinajstić information content (AvgIpc) is 2.92. The molecule has 4 heteroatoms. The van der Waals surface area contributed by atoms with E-state index in [2.05, 4.69) is 41.5 Å². The molecule has 0 aliphatic heterocycles. The first kappa shape index (κ1) is 15.4. The zero-order chi connectivity index (χ0) is 15.1. The van der Waals surface area contributed by atoms with Crippen molar-refractivity contribution in [3.8, 4) is 11.3 Å². The predicted octanol–water partition coefficient (Wildman–Crippen LogP) is 3.79. The van der Waals surface area contributed by atoms with Gasteiger partial charge < -0.3 is 4.79 Å². The number of aryl methyl sites for hydroxylation is 2. The molecule has 0 amide bonds. The predicted molar refractivity (Wildman–Crippen MR) is 84.0 cm³/mol. The van der Waals surface area contributed by atoms with Crippen LogP contribution in [-0.4, -0.2) is 20.8 Å². The molecule has 0 atom stereocenters. The third kappa shape index (κ3) is 5.14. The Morgan fingerprint density at radius 2 is 1.81 bits per heavy atom. The monoisotopic (exact) mass is 285 g/mol. The quantitative estimate of drug-likeness (QED) is 0.693. The Morgan fingerprint density at radius 3 is 2.52 bits per heavy atom. The highest BCUT2D eigenvalue weighted by atomic mass is 16.1. The largest absolute Gasteiger partial charge is 0.300 e. The van der Waals surface area contributed by atoms with Crippen molar-refractivity contribution in [1.29, 1.82) is 0 Å². The first-order valence-electron chi connectivity index (χ1n) is 7.62. The summed E-state index contributed by atoms with van der Waals surface area (Å²) in [5, 5.41) is 8.40. The number of aromatic nitrogens is 3. The number of hydrogen-bond donors (Lipinski definition) is 0. The number of benzene rings is 1. The van der Waals surface area contributed by atoms with Gasteiger partial charge in [-0.3, -0.25) is 4.68 Å². The van der Waals surface area contributed by atoms with Gasteiger partial charge >= 0.3 is 0 Å². The van der Waals surface area contributed by atoms with E-state index in [1.54, 1.807) is 6.92 Å². The molecule has 2 rings (SSSR count). The van der Waals surface area contributed by atoms with E-state index >= 15 is 0 Å². The molecule has 1 aromatic heterocycles. The zero-order valence-electron chi connectivity index (χ0n) is 12.9. The summed E-state index contributed by atoms with van der Waals surface area (Å²) in [7, 11) is 0. The third-order valence-electron chi connectivity index (χ3n) is 3.55. The number of rotatable bonds is 8. The second-order valence-electron chi connectivity index (χ2n) is 5.60. The van der Waals surface area contributed by atoms with Crippen LogP contribution in [0.1, 0.15) is 44.6 Å². The molecule has 21 heavy (non-hydrogen) atoms. The van der Waals surface area contributed by atoms with Crippen molar-refractivity contribution in [2.75, 3.05) is 0 Å². The normalized spacial score (nSPS) is 10.8. The number of Topliss-reactive ketones (excluding diaryl/α,β-unsaturated/α-hetero) is 1. The van der Waals surface area contributed by atoms with Crippen LogP contribution in [0.5, 0.6) is 0 Å². The summed E-state index contributed by atoms with van der Waals surface area (Å²) >= 11 is 0. The fourth-order valence-corrected chi connectivity index (χ4v) is 2.27. The van der Waals surface area contributed by atoms with Gasteiger partial charge in [0.05, 0.1) is 6.20 Å². The minimum atomic E-state index is 0.286. The molecule has 0 N–H and O–H groups in total. The summed E-state index contributed by atoms with van der Waals surface area (Å²) in [6.45, 7) is 4.62. The summed E-state index contributed by atoms with van der Waals surface area (Å²) < 4.78 is 1.90. The zero-order valence-corrected chi connectivity index (χ0v) is 12.9. The van der Waals surface area contributed by atoms with E-state index in [0.717, 1.165) is 43.5 Å². The van der Waals surface area contributed by atoms with Gasteiger partial charge in [0.1, 0.15) is 11.5 Å². The lowest BCUT2D eigenvalue weighted by Gasteiger charge is -2.00. The molecule has 112 valence electrons. The minimum Gasteiger partial charge on any atom is -0.300 e. The van der Waals surface area contributed by atoms with E-state index in [-0.39, 0.29) is 5.78 Å². The number of carbonyl (C=O) groups is 1. The molecule has 0 saturated carbocycles. The second-order valence-corrected chi connectivity index (χ2v) is 5.60. The number of carbonyl (C=O) groups excluding carboxylic acids is 1. The van der Waals surface area contributed by atoms with Crippen LogP contribution in [-0.2, 0) is 11.3 Å². The molecule has 0 saturated heterocycles. The van der Waals surface area contributed by atoms with Crippen LogP contribution in [0.4, 0.5) is 0 Å². The van der Waals surface area contributed by atoms with E-state index in [0.29, 0.717) is 6.42 Å². The van der Waals surface area contributed by atoms with E-state index in [4.69, 9.17) is 0 Å². The molecular formula is C17H23N3O. The Morgan fingerprint density at radius 1 is 1.10 bits per heavy atom. The lowest BCUT2D eigenvalue weighted by molar-refractivity contribution is -0.117. The second kappa shape index (κ2) is 7.72. The van der Waals surface area contributed by atoms with Crippen LogP contribution >= 0.6 is 0 Å². The van der Waals surface area contributed by atoms with Gasteiger partial charge in [0.25, 0.3) is 0 Å². The van der Waals surface area contributed by atoms with Crippen LogP contribution in [0.3, 0.4) is 0 Å². The molecule has 1 aromatic carbocycles. The molecule has 0 fully saturated rings. The van der Waals surface area contributed by atoms with Crippen molar-refractivity contribution in [2.24, 2.45) is 0 Å². The highest BCUT2D eigenvalue weighted by Gasteiger charge is 2.03. The highest BCUT2D eigenvalue weighted by molar-refractivity contribution is 5.75. The molecule has 0 radical (unpaired) electrons. The lowest BCUT2D eigenvalue weighted by atomic mass is 10.1. The SMILES string of the molecule is CC(=O)CCCCCCn1cc(-c2ccc(C)cc2)nn1. The molecular weight excluding hydrogens is 262 g/mol. The van der Waals surface area contributed by atoms with Gasteiger partial charge in [-0.15, -0.1) is 5.10 Å². The fraction of sp³-hybridized carbons (Fsp3) is 0.471. The summed E-state index contributed by atoms with van der Waals surface area (Å²) in [5.74, 6) is 0.286. The Balaban J connectivity index is 1.76. The van der Waals surface area contributed by atoms with Crippen molar-refractivity contribution in [3.05, 3.63) is 36.0 Å². The van der Waals surface area contributed by atoms with E-state index in [1.807, 2.05) is 10.9 Å².